The van der Waals surface area contributed by atoms with E-state index < -0.39 is 0 Å². The quantitative estimate of drug-likeness (QED) is 0.767. The number of thiophene rings is 1. The van der Waals surface area contributed by atoms with Crippen LogP contribution in [0, 0.1) is 12.7 Å². The number of methoxy groups -OCH3 is 1. The van der Waals surface area contributed by atoms with Gasteiger partial charge in [0.05, 0.1) is 24.2 Å². The van der Waals surface area contributed by atoms with E-state index in [1.807, 2.05) is 17.9 Å². The van der Waals surface area contributed by atoms with Gasteiger partial charge >= 0.3 is 0 Å². The fourth-order valence-electron chi connectivity index (χ4n) is 3.38. The molecule has 0 aliphatic carbocycles. The molecular weight excluding hydrogens is 341 g/mol. The highest BCUT2D eigenvalue weighted by atomic mass is 32.1. The topological polar surface area (TPSA) is 58.2 Å². The lowest BCUT2D eigenvalue weighted by molar-refractivity contribution is 0.0732. The monoisotopic (exact) mass is 359 g/mol. The second-order valence-electron chi connectivity index (χ2n) is 6.19. The highest BCUT2D eigenvalue weighted by Crippen LogP contribution is 2.36. The Morgan fingerprint density at radius 2 is 2.28 bits per heavy atom. The zero-order chi connectivity index (χ0) is 17.6. The molecular formula is C18H18FN3O2S. The molecule has 1 fully saturated rings. The number of aryl methyl sites for hydroxylation is 1. The van der Waals surface area contributed by atoms with Crippen LogP contribution in [0.5, 0.6) is 5.75 Å². The molecule has 1 atom stereocenters. The number of aromatic nitrogens is 2. The van der Waals surface area contributed by atoms with Crippen molar-refractivity contribution >= 4 is 28.3 Å². The maximum absolute atomic E-state index is 13.4. The molecule has 3 aromatic rings. The maximum Gasteiger partial charge on any atom is 0.268 e. The Hall–Kier alpha value is -2.41. The third kappa shape index (κ3) is 2.78. The van der Waals surface area contributed by atoms with Crippen molar-refractivity contribution < 1.29 is 13.9 Å². The van der Waals surface area contributed by atoms with Gasteiger partial charge in [-0.05, 0) is 44.0 Å². The summed E-state index contributed by atoms with van der Waals surface area (Å²) in [6.45, 7) is 2.63. The smallest absolute Gasteiger partial charge is 0.268 e. The average molecular weight is 359 g/mol. The number of halogens is 1. The lowest BCUT2D eigenvalue weighted by Crippen LogP contribution is -2.30. The zero-order valence-corrected chi connectivity index (χ0v) is 14.8. The predicted octanol–water partition coefficient (Wildman–Crippen LogP) is 4.06. The minimum absolute atomic E-state index is 0.0379. The molecule has 1 aromatic carbocycles. The lowest BCUT2D eigenvalue weighted by Gasteiger charge is -2.23. The van der Waals surface area contributed by atoms with Crippen molar-refractivity contribution in [3.8, 4) is 5.75 Å². The summed E-state index contributed by atoms with van der Waals surface area (Å²) in [4.78, 5) is 24.3. The van der Waals surface area contributed by atoms with E-state index in [9.17, 15) is 9.18 Å². The Kier molecular flexibility index (Phi) is 3.95. The van der Waals surface area contributed by atoms with Crippen LogP contribution >= 0.6 is 11.3 Å². The fraction of sp³-hybridized carbons (Fsp3) is 0.333. The molecule has 1 aliphatic heterocycles. The molecule has 5 nitrogen and oxygen atoms in total. The van der Waals surface area contributed by atoms with Crippen molar-refractivity contribution in [1.29, 1.82) is 0 Å². The van der Waals surface area contributed by atoms with Crippen LogP contribution in [0.3, 0.4) is 0 Å². The standard InChI is InChI=1S/C18H18FN3O2S/c1-10-8-15(24-2)16(25-10)18(23)22-7-3-4-14(22)17-20-12-6-5-11(19)9-13(12)21-17/h5-6,8-9,14H,3-4,7H2,1-2H3,(H,20,21)/t14-/m1/s1. The van der Waals surface area contributed by atoms with Crippen molar-refractivity contribution in [2.45, 2.75) is 25.8 Å². The molecule has 1 aliphatic rings. The van der Waals surface area contributed by atoms with Crippen LogP contribution < -0.4 is 4.74 Å². The van der Waals surface area contributed by atoms with Gasteiger partial charge in [0.25, 0.3) is 5.91 Å². The Labute approximate surface area is 148 Å². The van der Waals surface area contributed by atoms with Gasteiger partial charge in [-0.2, -0.15) is 0 Å². The Bertz CT molecular complexity index is 949. The van der Waals surface area contributed by atoms with Gasteiger partial charge in [-0.3, -0.25) is 4.79 Å². The van der Waals surface area contributed by atoms with Gasteiger partial charge < -0.3 is 14.6 Å². The van der Waals surface area contributed by atoms with Crippen LogP contribution in [0.15, 0.2) is 24.3 Å². The van der Waals surface area contributed by atoms with Crippen LogP contribution in [0.25, 0.3) is 11.0 Å². The molecule has 0 spiro atoms. The van der Waals surface area contributed by atoms with E-state index in [2.05, 4.69) is 9.97 Å². The molecule has 1 saturated heterocycles. The third-order valence-corrected chi connectivity index (χ3v) is 5.55. The van der Waals surface area contributed by atoms with Crippen molar-refractivity contribution in [2.24, 2.45) is 0 Å². The summed E-state index contributed by atoms with van der Waals surface area (Å²) in [5.74, 6) is 0.980. The van der Waals surface area contributed by atoms with E-state index in [0.717, 1.165) is 17.7 Å². The summed E-state index contributed by atoms with van der Waals surface area (Å²) in [5.41, 5.74) is 1.36. The maximum atomic E-state index is 13.4. The molecule has 130 valence electrons. The van der Waals surface area contributed by atoms with E-state index in [1.54, 1.807) is 13.2 Å². The van der Waals surface area contributed by atoms with Crippen molar-refractivity contribution in [3.05, 3.63) is 45.7 Å². The normalized spacial score (nSPS) is 17.4. The van der Waals surface area contributed by atoms with Gasteiger partial charge in [0.2, 0.25) is 0 Å². The zero-order valence-electron chi connectivity index (χ0n) is 14.0. The summed E-state index contributed by atoms with van der Waals surface area (Å²) in [6.07, 6.45) is 1.75. The molecule has 0 unspecified atom stereocenters. The highest BCUT2D eigenvalue weighted by Gasteiger charge is 2.34. The van der Waals surface area contributed by atoms with Crippen LogP contribution in [-0.2, 0) is 0 Å². The second kappa shape index (κ2) is 6.15. The summed E-state index contributed by atoms with van der Waals surface area (Å²) in [7, 11) is 1.58. The summed E-state index contributed by atoms with van der Waals surface area (Å²) >= 11 is 1.44. The van der Waals surface area contributed by atoms with E-state index >= 15 is 0 Å². The predicted molar refractivity (Wildman–Crippen MR) is 94.7 cm³/mol. The van der Waals surface area contributed by atoms with Gasteiger partial charge in [-0.15, -0.1) is 11.3 Å². The molecule has 25 heavy (non-hydrogen) atoms. The van der Waals surface area contributed by atoms with Crippen LogP contribution in [0.1, 0.15) is 39.3 Å². The van der Waals surface area contributed by atoms with Gasteiger partial charge in [0.1, 0.15) is 22.3 Å². The number of carbonyl (C=O) groups is 1. The molecule has 1 amide bonds. The lowest BCUT2D eigenvalue weighted by atomic mass is 10.2. The van der Waals surface area contributed by atoms with E-state index in [4.69, 9.17) is 4.74 Å². The van der Waals surface area contributed by atoms with E-state index in [0.29, 0.717) is 34.0 Å². The number of nitrogens with zero attached hydrogens (tertiary/aromatic N) is 2. The number of hydrogen-bond acceptors (Lipinski definition) is 4. The van der Waals surface area contributed by atoms with Crippen molar-refractivity contribution in [3.63, 3.8) is 0 Å². The number of rotatable bonds is 3. The van der Waals surface area contributed by atoms with Gasteiger partial charge in [-0.25, -0.2) is 9.37 Å². The molecule has 0 bridgehead atoms. The number of likely N-dealkylation sites (tertiary alicyclic amines) is 1. The summed E-state index contributed by atoms with van der Waals surface area (Å²) in [5, 5.41) is 0. The second-order valence-corrected chi connectivity index (χ2v) is 7.45. The fourth-order valence-corrected chi connectivity index (χ4v) is 4.31. The number of carbonyl (C=O) groups excluding carboxylic acids is 1. The number of benzene rings is 1. The average Bonchev–Trinajstić information content (AvgIpc) is 3.30. The molecule has 0 saturated carbocycles. The van der Waals surface area contributed by atoms with Crippen LogP contribution in [0.2, 0.25) is 0 Å². The Morgan fingerprint density at radius 3 is 3.08 bits per heavy atom. The first-order valence-electron chi connectivity index (χ1n) is 8.17. The number of nitrogens with one attached hydrogen (secondary N) is 1. The SMILES string of the molecule is COc1cc(C)sc1C(=O)N1CCC[C@@H]1c1nc2ccc(F)cc2[nH]1. The largest absolute Gasteiger partial charge is 0.495 e. The van der Waals surface area contributed by atoms with Gasteiger partial charge in [-0.1, -0.05) is 0 Å². The third-order valence-electron chi connectivity index (χ3n) is 4.53. The van der Waals surface area contributed by atoms with Crippen molar-refractivity contribution in [1.82, 2.24) is 14.9 Å². The molecule has 3 heterocycles. The highest BCUT2D eigenvalue weighted by molar-refractivity contribution is 7.14. The summed E-state index contributed by atoms with van der Waals surface area (Å²) < 4.78 is 18.8. The first-order chi connectivity index (χ1) is 12.1. The molecule has 4 rings (SSSR count). The minimum atomic E-state index is -0.305. The Balaban J connectivity index is 1.68. The number of fused-ring (bicyclic) bond motifs is 1. The number of H-pyrrole nitrogens is 1. The van der Waals surface area contributed by atoms with Crippen LogP contribution in [-0.4, -0.2) is 34.4 Å². The Morgan fingerprint density at radius 1 is 1.44 bits per heavy atom. The molecule has 0 radical (unpaired) electrons. The number of imidazole rings is 1. The summed E-state index contributed by atoms with van der Waals surface area (Å²) in [6, 6.07) is 6.22. The molecule has 2 aromatic heterocycles. The molecule has 1 N–H and O–H groups in total. The van der Waals surface area contributed by atoms with E-state index in [1.165, 1.54) is 23.5 Å². The first kappa shape index (κ1) is 16.1. The van der Waals surface area contributed by atoms with Crippen LogP contribution in [0.4, 0.5) is 4.39 Å². The van der Waals surface area contributed by atoms with Crippen molar-refractivity contribution in [2.75, 3.05) is 13.7 Å². The number of amides is 1. The number of hydrogen-bond donors (Lipinski definition) is 1. The first-order valence-corrected chi connectivity index (χ1v) is 8.99. The number of ether oxygens (including phenoxy) is 1. The minimum Gasteiger partial charge on any atom is -0.495 e. The van der Waals surface area contributed by atoms with Gasteiger partial charge in [0, 0.05) is 11.4 Å². The van der Waals surface area contributed by atoms with Gasteiger partial charge in [0.15, 0.2) is 0 Å². The number of aromatic amines is 1. The molecule has 7 heteroatoms. The van der Waals surface area contributed by atoms with E-state index in [-0.39, 0.29) is 17.8 Å².